The topological polar surface area (TPSA) is 23.8 Å². The van der Waals surface area contributed by atoms with E-state index in [0.29, 0.717) is 5.56 Å². The van der Waals surface area contributed by atoms with Crippen molar-refractivity contribution in [1.29, 1.82) is 5.26 Å². The van der Waals surface area contributed by atoms with Crippen molar-refractivity contribution in [2.45, 2.75) is 0 Å². The predicted octanol–water partition coefficient (Wildman–Crippen LogP) is 1.36. The average molecular weight is 166 g/mol. The molecule has 0 aliphatic heterocycles. The van der Waals surface area contributed by atoms with Crippen LogP contribution in [0.1, 0.15) is 5.56 Å². The van der Waals surface area contributed by atoms with Crippen LogP contribution in [0.5, 0.6) is 0 Å². The van der Waals surface area contributed by atoms with Crippen molar-refractivity contribution < 1.29 is 17.1 Å². The maximum Gasteiger partial charge on any atom is 1.00 e. The van der Waals surface area contributed by atoms with Crippen molar-refractivity contribution in [3.63, 3.8) is 0 Å². The maximum atomic E-state index is 8.27. The van der Waals surface area contributed by atoms with E-state index in [9.17, 15) is 0 Å². The van der Waals surface area contributed by atoms with Gasteiger partial charge in [-0.15, -0.1) is 0 Å². The third kappa shape index (κ3) is 2.32. The molecule has 0 heterocycles. The molecule has 0 fully saturated rings. The summed E-state index contributed by atoms with van der Waals surface area (Å²) in [6.45, 7) is 0. The molecule has 2 heteroatoms. The second kappa shape index (κ2) is 4.14. The van der Waals surface area contributed by atoms with Gasteiger partial charge in [-0.05, 0) is 0 Å². The van der Waals surface area contributed by atoms with Crippen LogP contribution in [0.2, 0.25) is 0 Å². The molecular formula is C7H4CuN. The molecule has 1 nitrogen and oxygen atoms in total. The van der Waals surface area contributed by atoms with Gasteiger partial charge in [0.15, 0.2) is 0 Å². The first-order valence-electron chi connectivity index (χ1n) is 2.29. The fourth-order valence-electron chi connectivity index (χ4n) is 0.463. The van der Waals surface area contributed by atoms with Crippen LogP contribution in [0.25, 0.3) is 0 Å². The van der Waals surface area contributed by atoms with Crippen molar-refractivity contribution in [1.82, 2.24) is 0 Å². The Bertz CT molecular complexity index is 200. The Balaban J connectivity index is 0.000000640. The molecule has 48 valence electrons. The smallest absolute Gasteiger partial charge is 0.208 e. The van der Waals surface area contributed by atoms with E-state index >= 15 is 0 Å². The van der Waals surface area contributed by atoms with Crippen LogP contribution in [0.3, 0.4) is 0 Å². The minimum atomic E-state index is 0. The first kappa shape index (κ1) is 8.23. The average Bonchev–Trinajstić information content (AvgIpc) is 1.90. The Labute approximate surface area is 64.8 Å². The molecule has 0 bridgehead atoms. The van der Waals surface area contributed by atoms with Crippen molar-refractivity contribution in [3.8, 4) is 6.07 Å². The van der Waals surface area contributed by atoms with Crippen molar-refractivity contribution in [2.24, 2.45) is 0 Å². The molecule has 0 radical (unpaired) electrons. The maximum absolute atomic E-state index is 8.27. The van der Waals surface area contributed by atoms with E-state index in [-0.39, 0.29) is 17.1 Å². The van der Waals surface area contributed by atoms with E-state index in [2.05, 4.69) is 6.07 Å². The first-order valence-corrected chi connectivity index (χ1v) is 2.29. The van der Waals surface area contributed by atoms with Crippen LogP contribution in [-0.2, 0) is 17.1 Å². The SMILES string of the molecule is N#Cc1c[c-]ccc1.[Cu+]. The summed E-state index contributed by atoms with van der Waals surface area (Å²) in [6.07, 6.45) is 0. The zero-order valence-corrected chi connectivity index (χ0v) is 5.50. The van der Waals surface area contributed by atoms with E-state index in [0.717, 1.165) is 0 Å². The van der Waals surface area contributed by atoms with E-state index in [1.807, 2.05) is 6.07 Å². The second-order valence-corrected chi connectivity index (χ2v) is 1.40. The third-order valence-electron chi connectivity index (χ3n) is 0.836. The van der Waals surface area contributed by atoms with Gasteiger partial charge in [-0.2, -0.15) is 30.3 Å². The molecule has 0 saturated heterocycles. The fraction of sp³-hybridized carbons (Fsp3) is 0. The van der Waals surface area contributed by atoms with Gasteiger partial charge in [0.2, 0.25) is 0 Å². The van der Waals surface area contributed by atoms with E-state index < -0.39 is 0 Å². The molecule has 0 aromatic heterocycles. The Morgan fingerprint density at radius 1 is 1.56 bits per heavy atom. The van der Waals surface area contributed by atoms with Crippen LogP contribution in [0.15, 0.2) is 24.3 Å². The molecule has 1 aromatic rings. The molecule has 0 N–H and O–H groups in total. The van der Waals surface area contributed by atoms with Gasteiger partial charge in [-0.3, -0.25) is 0 Å². The zero-order chi connectivity index (χ0) is 5.82. The minimum Gasteiger partial charge on any atom is -0.208 e. The normalized spacial score (nSPS) is 7.00. The summed E-state index contributed by atoms with van der Waals surface area (Å²) in [7, 11) is 0. The molecule has 1 rings (SSSR count). The molecule has 0 aliphatic rings. The van der Waals surface area contributed by atoms with Crippen LogP contribution < -0.4 is 0 Å². The fourth-order valence-corrected chi connectivity index (χ4v) is 0.463. The molecule has 0 aliphatic carbocycles. The van der Waals surface area contributed by atoms with E-state index in [1.54, 1.807) is 24.3 Å². The summed E-state index contributed by atoms with van der Waals surface area (Å²) in [4.78, 5) is 0. The van der Waals surface area contributed by atoms with Gasteiger partial charge < -0.3 is 0 Å². The molecule has 9 heavy (non-hydrogen) atoms. The van der Waals surface area contributed by atoms with Gasteiger partial charge in [0.25, 0.3) is 0 Å². The summed E-state index contributed by atoms with van der Waals surface area (Å²) < 4.78 is 0. The predicted molar refractivity (Wildman–Crippen MR) is 30.0 cm³/mol. The van der Waals surface area contributed by atoms with E-state index in [4.69, 9.17) is 5.26 Å². The molecular weight excluding hydrogens is 162 g/mol. The van der Waals surface area contributed by atoms with Gasteiger partial charge in [0, 0.05) is 6.07 Å². The molecule has 0 spiro atoms. The molecule has 0 amide bonds. The van der Waals surface area contributed by atoms with Gasteiger partial charge in [0.1, 0.15) is 0 Å². The van der Waals surface area contributed by atoms with Gasteiger partial charge in [0.05, 0.1) is 0 Å². The molecule has 1 aromatic carbocycles. The summed E-state index contributed by atoms with van der Waals surface area (Å²) >= 11 is 0. The standard InChI is InChI=1S/C7H4N.Cu/c8-6-7-4-2-1-3-5-7;/h1-2,4-5H;/q-1;+1. The molecule has 0 saturated carbocycles. The molecule has 0 unspecified atom stereocenters. The number of rotatable bonds is 0. The van der Waals surface area contributed by atoms with Crippen molar-refractivity contribution in [2.75, 3.05) is 0 Å². The van der Waals surface area contributed by atoms with Crippen LogP contribution in [-0.4, -0.2) is 0 Å². The Hall–Kier alpha value is -0.771. The number of hydrogen-bond acceptors (Lipinski definition) is 1. The number of benzene rings is 1. The van der Waals surface area contributed by atoms with Crippen LogP contribution in [0, 0.1) is 17.4 Å². The summed E-state index contributed by atoms with van der Waals surface area (Å²) in [5, 5.41) is 8.27. The number of nitriles is 1. The Morgan fingerprint density at radius 2 is 2.33 bits per heavy atom. The van der Waals surface area contributed by atoms with E-state index in [1.165, 1.54) is 0 Å². The first-order chi connectivity index (χ1) is 3.93. The Morgan fingerprint density at radius 3 is 2.67 bits per heavy atom. The monoisotopic (exact) mass is 165 g/mol. The largest absolute Gasteiger partial charge is 1.00 e. The summed E-state index contributed by atoms with van der Waals surface area (Å²) in [6, 6.07) is 11.7. The number of nitrogens with zero attached hydrogens (tertiary/aromatic N) is 1. The van der Waals surface area contributed by atoms with Crippen LogP contribution in [0.4, 0.5) is 0 Å². The van der Waals surface area contributed by atoms with Crippen molar-refractivity contribution in [3.05, 3.63) is 35.9 Å². The van der Waals surface area contributed by atoms with Crippen molar-refractivity contribution >= 4 is 0 Å². The van der Waals surface area contributed by atoms with Gasteiger partial charge >= 0.3 is 17.1 Å². The second-order valence-electron chi connectivity index (χ2n) is 1.40. The minimum absolute atomic E-state index is 0. The summed E-state index contributed by atoms with van der Waals surface area (Å²) in [5.74, 6) is 0. The van der Waals surface area contributed by atoms with Gasteiger partial charge in [-0.1, -0.05) is 5.56 Å². The molecule has 0 atom stereocenters. The zero-order valence-electron chi connectivity index (χ0n) is 4.56. The number of hydrogen-bond donors (Lipinski definition) is 0. The van der Waals surface area contributed by atoms with Gasteiger partial charge in [-0.25, -0.2) is 5.26 Å². The van der Waals surface area contributed by atoms with Crippen LogP contribution >= 0.6 is 0 Å². The summed E-state index contributed by atoms with van der Waals surface area (Å²) in [5.41, 5.74) is 0.660. The quantitative estimate of drug-likeness (QED) is 0.421. The third-order valence-corrected chi connectivity index (χ3v) is 0.836. The Kier molecular flexibility index (Phi) is 3.79.